The molecule has 0 radical (unpaired) electrons. The molecule has 124 valence electrons. The number of amides is 2. The molecule has 3 N–H and O–H groups in total. The first kappa shape index (κ1) is 16.0. The Balaban J connectivity index is 1.58. The van der Waals surface area contributed by atoms with E-state index in [9.17, 15) is 9.59 Å². The number of para-hydroxylation sites is 1. The lowest BCUT2D eigenvalue weighted by Crippen LogP contribution is -2.51. The van der Waals surface area contributed by atoms with E-state index in [1.54, 1.807) is 4.90 Å². The molecule has 0 aromatic heterocycles. The normalized spacial score (nSPS) is 23.8. The van der Waals surface area contributed by atoms with E-state index in [2.05, 4.69) is 5.32 Å². The lowest BCUT2D eigenvalue weighted by molar-refractivity contribution is -0.128. The van der Waals surface area contributed by atoms with Gasteiger partial charge in [0.25, 0.3) is 0 Å². The van der Waals surface area contributed by atoms with Gasteiger partial charge in [-0.15, -0.1) is 0 Å². The molecule has 3 rings (SSSR count). The van der Waals surface area contributed by atoms with Crippen LogP contribution in [-0.2, 0) is 14.3 Å². The van der Waals surface area contributed by atoms with E-state index in [0.717, 1.165) is 18.5 Å². The van der Waals surface area contributed by atoms with E-state index < -0.39 is 12.1 Å². The molecule has 2 amide bonds. The molecule has 2 atom stereocenters. The van der Waals surface area contributed by atoms with Gasteiger partial charge in [0.2, 0.25) is 11.8 Å². The van der Waals surface area contributed by atoms with Crippen molar-refractivity contribution in [3.63, 3.8) is 0 Å². The largest absolute Gasteiger partial charge is 0.381 e. The second kappa shape index (κ2) is 7.10. The molecule has 0 aliphatic carbocycles. The lowest BCUT2D eigenvalue weighted by atomic mass is 9.91. The van der Waals surface area contributed by atoms with E-state index in [0.29, 0.717) is 26.2 Å². The lowest BCUT2D eigenvalue weighted by Gasteiger charge is -2.27. The number of ether oxygens (including phenoxy) is 1. The van der Waals surface area contributed by atoms with Gasteiger partial charge in [0.15, 0.2) is 0 Å². The van der Waals surface area contributed by atoms with Crippen molar-refractivity contribution in [3.8, 4) is 0 Å². The standard InChI is InChI=1S/C17H23N3O3/c18-15(12-7-10-23-11-8-12)16(21)19-14-6-9-20(17(14)22)13-4-2-1-3-5-13/h1-5,12,14-15H,6-11,18H2,(H,19,21). The van der Waals surface area contributed by atoms with E-state index in [-0.39, 0.29) is 17.7 Å². The van der Waals surface area contributed by atoms with Gasteiger partial charge in [-0.1, -0.05) is 18.2 Å². The summed E-state index contributed by atoms with van der Waals surface area (Å²) in [5.74, 6) is -0.167. The van der Waals surface area contributed by atoms with E-state index in [1.165, 1.54) is 0 Å². The molecular weight excluding hydrogens is 294 g/mol. The van der Waals surface area contributed by atoms with Gasteiger partial charge in [-0.3, -0.25) is 9.59 Å². The highest BCUT2D eigenvalue weighted by Crippen LogP contribution is 2.22. The average Bonchev–Trinajstić information content (AvgIpc) is 2.96. The summed E-state index contributed by atoms with van der Waals surface area (Å²) in [5.41, 5.74) is 6.93. The molecule has 2 fully saturated rings. The fraction of sp³-hybridized carbons (Fsp3) is 0.529. The molecule has 6 heteroatoms. The predicted molar refractivity (Wildman–Crippen MR) is 86.9 cm³/mol. The number of carbonyl (C=O) groups excluding carboxylic acids is 2. The zero-order chi connectivity index (χ0) is 16.2. The number of nitrogens with zero attached hydrogens (tertiary/aromatic N) is 1. The van der Waals surface area contributed by atoms with Crippen molar-refractivity contribution in [3.05, 3.63) is 30.3 Å². The Morgan fingerprint density at radius 2 is 1.91 bits per heavy atom. The Hall–Kier alpha value is -1.92. The monoisotopic (exact) mass is 317 g/mol. The highest BCUT2D eigenvalue weighted by atomic mass is 16.5. The summed E-state index contributed by atoms with van der Waals surface area (Å²) in [7, 11) is 0. The number of nitrogens with two attached hydrogens (primary N) is 1. The van der Waals surface area contributed by atoms with Gasteiger partial charge in [0.1, 0.15) is 6.04 Å². The maximum absolute atomic E-state index is 12.5. The smallest absolute Gasteiger partial charge is 0.249 e. The summed E-state index contributed by atoms with van der Waals surface area (Å²) in [6, 6.07) is 8.46. The van der Waals surface area contributed by atoms with Crippen LogP contribution in [0.25, 0.3) is 0 Å². The van der Waals surface area contributed by atoms with Gasteiger partial charge in [-0.25, -0.2) is 0 Å². The van der Waals surface area contributed by atoms with Crippen molar-refractivity contribution in [1.29, 1.82) is 0 Å². The number of hydrogen-bond acceptors (Lipinski definition) is 4. The van der Waals surface area contributed by atoms with Crippen molar-refractivity contribution in [1.82, 2.24) is 5.32 Å². The van der Waals surface area contributed by atoms with Crippen molar-refractivity contribution in [2.24, 2.45) is 11.7 Å². The van der Waals surface area contributed by atoms with Gasteiger partial charge in [-0.05, 0) is 37.3 Å². The Labute approximate surface area is 136 Å². The molecule has 1 aromatic rings. The summed E-state index contributed by atoms with van der Waals surface area (Å²) in [4.78, 5) is 26.5. The van der Waals surface area contributed by atoms with Crippen LogP contribution in [0.5, 0.6) is 0 Å². The van der Waals surface area contributed by atoms with Crippen LogP contribution in [0, 0.1) is 5.92 Å². The van der Waals surface area contributed by atoms with Crippen molar-refractivity contribution >= 4 is 17.5 Å². The predicted octanol–water partition coefficient (Wildman–Crippen LogP) is 0.662. The highest BCUT2D eigenvalue weighted by Gasteiger charge is 2.35. The van der Waals surface area contributed by atoms with Crippen LogP contribution in [0.15, 0.2) is 30.3 Å². The number of benzene rings is 1. The van der Waals surface area contributed by atoms with Gasteiger partial charge >= 0.3 is 0 Å². The van der Waals surface area contributed by atoms with Gasteiger partial charge in [0.05, 0.1) is 6.04 Å². The summed E-state index contributed by atoms with van der Waals surface area (Å²) in [5, 5.41) is 2.83. The summed E-state index contributed by atoms with van der Waals surface area (Å²) in [6.07, 6.45) is 2.20. The molecule has 2 aliphatic heterocycles. The average molecular weight is 317 g/mol. The number of nitrogens with one attached hydrogen (secondary N) is 1. The molecule has 0 spiro atoms. The number of carbonyl (C=O) groups is 2. The number of hydrogen-bond donors (Lipinski definition) is 2. The molecule has 1 aromatic carbocycles. The van der Waals surface area contributed by atoms with Crippen molar-refractivity contribution in [2.75, 3.05) is 24.7 Å². The maximum Gasteiger partial charge on any atom is 0.249 e. The molecule has 2 unspecified atom stereocenters. The number of anilines is 1. The molecule has 0 saturated carbocycles. The maximum atomic E-state index is 12.5. The second-order valence-corrected chi connectivity index (χ2v) is 6.15. The molecule has 23 heavy (non-hydrogen) atoms. The van der Waals surface area contributed by atoms with Crippen molar-refractivity contribution in [2.45, 2.75) is 31.3 Å². The van der Waals surface area contributed by atoms with E-state index in [1.807, 2.05) is 30.3 Å². The Morgan fingerprint density at radius 1 is 1.22 bits per heavy atom. The minimum absolute atomic E-state index is 0.0660. The molecular formula is C17H23N3O3. The Bertz CT molecular complexity index is 557. The van der Waals surface area contributed by atoms with Gasteiger partial charge < -0.3 is 20.7 Å². The minimum Gasteiger partial charge on any atom is -0.381 e. The quantitative estimate of drug-likeness (QED) is 0.854. The third kappa shape index (κ3) is 3.54. The zero-order valence-electron chi connectivity index (χ0n) is 13.1. The summed E-state index contributed by atoms with van der Waals surface area (Å²) in [6.45, 7) is 1.91. The second-order valence-electron chi connectivity index (χ2n) is 6.15. The third-order valence-electron chi connectivity index (χ3n) is 4.67. The van der Waals surface area contributed by atoms with Crippen LogP contribution in [-0.4, -0.2) is 43.7 Å². The third-order valence-corrected chi connectivity index (χ3v) is 4.67. The minimum atomic E-state index is -0.572. The Morgan fingerprint density at radius 3 is 2.61 bits per heavy atom. The van der Waals surface area contributed by atoms with E-state index >= 15 is 0 Å². The topological polar surface area (TPSA) is 84.7 Å². The highest BCUT2D eigenvalue weighted by molar-refractivity contribution is 6.01. The van der Waals surface area contributed by atoms with Crippen LogP contribution >= 0.6 is 0 Å². The Kier molecular flexibility index (Phi) is 4.93. The van der Waals surface area contributed by atoms with Crippen LogP contribution in [0.4, 0.5) is 5.69 Å². The summed E-state index contributed by atoms with van der Waals surface area (Å²) < 4.78 is 5.30. The first-order valence-corrected chi connectivity index (χ1v) is 8.17. The SMILES string of the molecule is NC(C(=O)NC1CCN(c2ccccc2)C1=O)C1CCOCC1. The number of rotatable bonds is 4. The molecule has 2 saturated heterocycles. The fourth-order valence-corrected chi connectivity index (χ4v) is 3.24. The molecule has 2 heterocycles. The molecule has 0 bridgehead atoms. The van der Waals surface area contributed by atoms with Gasteiger partial charge in [0, 0.05) is 25.4 Å². The van der Waals surface area contributed by atoms with Crippen LogP contribution < -0.4 is 16.0 Å². The first-order valence-electron chi connectivity index (χ1n) is 8.17. The molecule has 6 nitrogen and oxygen atoms in total. The zero-order valence-corrected chi connectivity index (χ0v) is 13.1. The van der Waals surface area contributed by atoms with Crippen molar-refractivity contribution < 1.29 is 14.3 Å². The van der Waals surface area contributed by atoms with Crippen LogP contribution in [0.1, 0.15) is 19.3 Å². The van der Waals surface area contributed by atoms with E-state index in [4.69, 9.17) is 10.5 Å². The van der Waals surface area contributed by atoms with Crippen LogP contribution in [0.3, 0.4) is 0 Å². The van der Waals surface area contributed by atoms with Crippen LogP contribution in [0.2, 0.25) is 0 Å². The fourth-order valence-electron chi connectivity index (χ4n) is 3.24. The van der Waals surface area contributed by atoms with Gasteiger partial charge in [-0.2, -0.15) is 0 Å². The first-order chi connectivity index (χ1) is 11.2. The summed E-state index contributed by atoms with van der Waals surface area (Å²) >= 11 is 0. The molecule has 2 aliphatic rings.